The Morgan fingerprint density at radius 1 is 1.42 bits per heavy atom. The van der Waals surface area contributed by atoms with Crippen molar-refractivity contribution in [1.29, 1.82) is 0 Å². The molecule has 0 aliphatic heterocycles. The van der Waals surface area contributed by atoms with Gasteiger partial charge in [-0.3, -0.25) is 15.2 Å². The van der Waals surface area contributed by atoms with E-state index in [9.17, 15) is 10.1 Å². The molecule has 0 bridgehead atoms. The van der Waals surface area contributed by atoms with Gasteiger partial charge >= 0.3 is 5.69 Å². The standard InChI is InChI=1S/C9H11N7O2S/c1-2-3-10-7-6(16(17)18)8(12-4-11-7)19-9-13-5-14-15-9/h4-5H,2-3H2,1H3,(H,10,11,12)(H,13,14,15). The minimum Gasteiger partial charge on any atom is -0.364 e. The second-order valence-corrected chi connectivity index (χ2v) is 4.43. The van der Waals surface area contributed by atoms with Gasteiger partial charge in [0.15, 0.2) is 10.2 Å². The highest BCUT2D eigenvalue weighted by atomic mass is 32.2. The third-order valence-corrected chi connectivity index (χ3v) is 2.98. The lowest BCUT2D eigenvalue weighted by Crippen LogP contribution is -2.07. The zero-order valence-corrected chi connectivity index (χ0v) is 10.8. The second-order valence-electron chi connectivity index (χ2n) is 3.45. The Morgan fingerprint density at radius 2 is 2.26 bits per heavy atom. The van der Waals surface area contributed by atoms with Gasteiger partial charge in [-0.2, -0.15) is 5.10 Å². The molecule has 0 radical (unpaired) electrons. The van der Waals surface area contributed by atoms with Crippen LogP contribution in [0.3, 0.4) is 0 Å². The van der Waals surface area contributed by atoms with Crippen molar-refractivity contribution in [3.8, 4) is 0 Å². The molecule has 0 atom stereocenters. The van der Waals surface area contributed by atoms with E-state index in [0.717, 1.165) is 18.2 Å². The number of hydrogen-bond donors (Lipinski definition) is 2. The van der Waals surface area contributed by atoms with E-state index < -0.39 is 4.92 Å². The SMILES string of the molecule is CCCNc1ncnc(Sc2ncn[nH]2)c1[N+](=O)[O-]. The van der Waals surface area contributed by atoms with Gasteiger partial charge in [-0.1, -0.05) is 6.92 Å². The van der Waals surface area contributed by atoms with Gasteiger partial charge in [0.05, 0.1) is 4.92 Å². The maximum absolute atomic E-state index is 11.2. The summed E-state index contributed by atoms with van der Waals surface area (Å²) in [6.07, 6.45) is 3.45. The number of aromatic amines is 1. The van der Waals surface area contributed by atoms with E-state index >= 15 is 0 Å². The fourth-order valence-electron chi connectivity index (χ4n) is 1.31. The molecule has 2 N–H and O–H groups in total. The van der Waals surface area contributed by atoms with Crippen LogP contribution in [-0.2, 0) is 0 Å². The monoisotopic (exact) mass is 281 g/mol. The van der Waals surface area contributed by atoms with Gasteiger partial charge in [-0.15, -0.1) is 0 Å². The molecule has 2 aromatic heterocycles. The summed E-state index contributed by atoms with van der Waals surface area (Å²) in [4.78, 5) is 22.4. The Morgan fingerprint density at radius 3 is 2.89 bits per heavy atom. The third kappa shape index (κ3) is 3.16. The summed E-state index contributed by atoms with van der Waals surface area (Å²) >= 11 is 1.03. The Hall–Kier alpha value is -2.23. The van der Waals surface area contributed by atoms with Gasteiger partial charge in [-0.25, -0.2) is 15.0 Å². The zero-order chi connectivity index (χ0) is 13.7. The summed E-state index contributed by atoms with van der Waals surface area (Å²) < 4.78 is 0. The summed E-state index contributed by atoms with van der Waals surface area (Å²) in [5, 5.41) is 21.0. The average Bonchev–Trinajstić information content (AvgIpc) is 2.89. The number of nitrogens with zero attached hydrogens (tertiary/aromatic N) is 5. The minimum atomic E-state index is -0.503. The molecule has 0 saturated heterocycles. The van der Waals surface area contributed by atoms with Crippen molar-refractivity contribution in [3.05, 3.63) is 22.8 Å². The van der Waals surface area contributed by atoms with E-state index in [1.807, 2.05) is 6.92 Å². The van der Waals surface area contributed by atoms with Crippen LogP contribution < -0.4 is 5.32 Å². The quantitative estimate of drug-likeness (QED) is 0.463. The molecular weight excluding hydrogens is 270 g/mol. The Balaban J connectivity index is 2.33. The fraction of sp³-hybridized carbons (Fsp3) is 0.333. The van der Waals surface area contributed by atoms with Crippen molar-refractivity contribution in [2.45, 2.75) is 23.5 Å². The number of H-pyrrole nitrogens is 1. The maximum atomic E-state index is 11.2. The Bertz CT molecular complexity index is 560. The zero-order valence-electron chi connectivity index (χ0n) is 10.0. The predicted molar refractivity (Wildman–Crippen MR) is 68.0 cm³/mol. The van der Waals surface area contributed by atoms with Crippen molar-refractivity contribution >= 4 is 23.3 Å². The molecule has 0 unspecified atom stereocenters. The summed E-state index contributed by atoms with van der Waals surface area (Å²) in [5.41, 5.74) is -0.155. The van der Waals surface area contributed by atoms with Crippen molar-refractivity contribution < 1.29 is 4.92 Å². The van der Waals surface area contributed by atoms with Crippen LogP contribution >= 0.6 is 11.8 Å². The molecular formula is C9H11N7O2S. The normalized spacial score (nSPS) is 10.4. The molecule has 0 fully saturated rings. The Labute approximate surface area is 112 Å². The smallest absolute Gasteiger partial charge is 0.343 e. The number of rotatable bonds is 6. The molecule has 100 valence electrons. The maximum Gasteiger partial charge on any atom is 0.343 e. The van der Waals surface area contributed by atoms with Crippen LogP contribution in [-0.4, -0.2) is 36.6 Å². The third-order valence-electron chi connectivity index (χ3n) is 2.10. The van der Waals surface area contributed by atoms with Crippen molar-refractivity contribution in [3.63, 3.8) is 0 Å². The summed E-state index contributed by atoms with van der Waals surface area (Å²) in [5.74, 6) is 0.212. The van der Waals surface area contributed by atoms with E-state index in [1.54, 1.807) is 0 Å². The molecule has 2 rings (SSSR count). The molecule has 10 heteroatoms. The van der Waals surface area contributed by atoms with Crippen LogP contribution in [0.15, 0.2) is 22.8 Å². The highest BCUT2D eigenvalue weighted by Crippen LogP contribution is 2.34. The second kappa shape index (κ2) is 6.09. The summed E-state index contributed by atoms with van der Waals surface area (Å²) in [6.45, 7) is 2.56. The molecule has 0 aliphatic carbocycles. The van der Waals surface area contributed by atoms with Gasteiger partial charge in [0.25, 0.3) is 0 Å². The van der Waals surface area contributed by atoms with Crippen LogP contribution in [0.25, 0.3) is 0 Å². The summed E-state index contributed by atoms with van der Waals surface area (Å²) in [7, 11) is 0. The first-order valence-electron chi connectivity index (χ1n) is 5.48. The molecule has 0 aliphatic rings. The van der Waals surface area contributed by atoms with Gasteiger partial charge in [0.1, 0.15) is 12.7 Å². The molecule has 0 saturated carbocycles. The van der Waals surface area contributed by atoms with Crippen LogP contribution in [0.1, 0.15) is 13.3 Å². The lowest BCUT2D eigenvalue weighted by molar-refractivity contribution is -0.387. The minimum absolute atomic E-state index is 0.155. The number of nitrogens with one attached hydrogen (secondary N) is 2. The first-order valence-corrected chi connectivity index (χ1v) is 6.30. The number of hydrogen-bond acceptors (Lipinski definition) is 8. The number of nitro groups is 1. The fourth-order valence-corrected chi connectivity index (χ4v) is 2.06. The molecule has 2 heterocycles. The first kappa shape index (κ1) is 13.2. The highest BCUT2D eigenvalue weighted by Gasteiger charge is 2.24. The topological polar surface area (TPSA) is 123 Å². The van der Waals surface area contributed by atoms with Crippen molar-refractivity contribution in [2.75, 3.05) is 11.9 Å². The molecule has 2 aromatic rings. The van der Waals surface area contributed by atoms with Crippen molar-refractivity contribution in [2.24, 2.45) is 0 Å². The highest BCUT2D eigenvalue weighted by molar-refractivity contribution is 7.99. The lowest BCUT2D eigenvalue weighted by Gasteiger charge is -2.06. The number of aromatic nitrogens is 5. The first-order chi connectivity index (χ1) is 9.22. The Kier molecular flexibility index (Phi) is 4.23. The van der Waals surface area contributed by atoms with Crippen LogP contribution in [0, 0.1) is 10.1 Å². The molecule has 0 amide bonds. The lowest BCUT2D eigenvalue weighted by atomic mass is 10.4. The average molecular weight is 281 g/mol. The van der Waals surface area contributed by atoms with Crippen molar-refractivity contribution in [1.82, 2.24) is 25.1 Å². The number of anilines is 1. The van der Waals surface area contributed by atoms with Crippen LogP contribution in [0.2, 0.25) is 0 Å². The predicted octanol–water partition coefficient (Wildman–Crippen LogP) is 1.48. The van der Waals surface area contributed by atoms with Gasteiger partial charge < -0.3 is 5.32 Å². The molecule has 9 nitrogen and oxygen atoms in total. The largest absolute Gasteiger partial charge is 0.364 e. The molecule has 0 aromatic carbocycles. The van der Waals surface area contributed by atoms with Gasteiger partial charge in [0, 0.05) is 6.54 Å². The molecule has 19 heavy (non-hydrogen) atoms. The van der Waals surface area contributed by atoms with E-state index in [-0.39, 0.29) is 16.5 Å². The van der Waals surface area contributed by atoms with Crippen LogP contribution in [0.5, 0.6) is 0 Å². The van der Waals surface area contributed by atoms with E-state index in [0.29, 0.717) is 11.7 Å². The molecule has 0 spiro atoms. The van der Waals surface area contributed by atoms with Gasteiger partial charge in [0.2, 0.25) is 5.82 Å². The van der Waals surface area contributed by atoms with Gasteiger partial charge in [-0.05, 0) is 18.2 Å². The van der Waals surface area contributed by atoms with E-state index in [1.165, 1.54) is 12.7 Å². The summed E-state index contributed by atoms with van der Waals surface area (Å²) in [6, 6.07) is 0. The van der Waals surface area contributed by atoms with Crippen LogP contribution in [0.4, 0.5) is 11.5 Å². The van der Waals surface area contributed by atoms with E-state index in [2.05, 4.69) is 30.5 Å². The van der Waals surface area contributed by atoms with E-state index in [4.69, 9.17) is 0 Å².